The Balaban J connectivity index is 1.98. The fourth-order valence-corrected chi connectivity index (χ4v) is 3.71. The van der Waals surface area contributed by atoms with Gasteiger partial charge in [0.05, 0.1) is 5.52 Å². The molecule has 2 aromatic rings. The molecule has 2 unspecified atom stereocenters. The van der Waals surface area contributed by atoms with Gasteiger partial charge in [-0.15, -0.1) is 11.6 Å². The predicted molar refractivity (Wildman–Crippen MR) is 85.2 cm³/mol. The summed E-state index contributed by atoms with van der Waals surface area (Å²) in [5.74, 6) is 2.59. The van der Waals surface area contributed by atoms with Gasteiger partial charge in [0.25, 0.3) is 0 Å². The van der Waals surface area contributed by atoms with E-state index in [0.717, 1.165) is 23.8 Å². The highest BCUT2D eigenvalue weighted by Gasteiger charge is 2.24. The molecule has 4 heteroatoms. The highest BCUT2D eigenvalue weighted by atomic mass is 35.5. The maximum absolute atomic E-state index is 14.0. The zero-order valence-electron chi connectivity index (χ0n) is 12.5. The number of halogens is 2. The Bertz CT molecular complexity index is 623. The van der Waals surface area contributed by atoms with Crippen molar-refractivity contribution >= 4 is 22.6 Å². The second-order valence-electron chi connectivity index (χ2n) is 6.21. The summed E-state index contributed by atoms with van der Waals surface area (Å²) in [6.45, 7) is 3.28. The highest BCUT2D eigenvalue weighted by molar-refractivity contribution is 6.17. The minimum Gasteiger partial charge on any atom is -0.328 e. The minimum atomic E-state index is -0.237. The summed E-state index contributed by atoms with van der Waals surface area (Å²) < 4.78 is 16.2. The second kappa shape index (κ2) is 6.35. The first-order chi connectivity index (χ1) is 10.2. The van der Waals surface area contributed by atoms with Gasteiger partial charge in [0.1, 0.15) is 11.3 Å². The van der Waals surface area contributed by atoms with Gasteiger partial charge in [-0.2, -0.15) is 0 Å². The highest BCUT2D eigenvalue weighted by Crippen LogP contribution is 2.32. The van der Waals surface area contributed by atoms with Crippen molar-refractivity contribution < 1.29 is 4.39 Å². The summed E-state index contributed by atoms with van der Waals surface area (Å²) in [7, 11) is 0. The van der Waals surface area contributed by atoms with Crippen LogP contribution in [0.1, 0.15) is 38.4 Å². The fourth-order valence-electron chi connectivity index (χ4n) is 3.54. The van der Waals surface area contributed by atoms with Crippen molar-refractivity contribution in [3.63, 3.8) is 0 Å². The van der Waals surface area contributed by atoms with E-state index >= 15 is 0 Å². The van der Waals surface area contributed by atoms with E-state index in [2.05, 4.69) is 16.5 Å². The number of imidazole rings is 1. The average Bonchev–Trinajstić information content (AvgIpc) is 2.82. The lowest BCUT2D eigenvalue weighted by molar-refractivity contribution is 0.229. The topological polar surface area (TPSA) is 17.8 Å². The van der Waals surface area contributed by atoms with Gasteiger partial charge in [-0.25, -0.2) is 9.37 Å². The Morgan fingerprint density at radius 1 is 1.33 bits per heavy atom. The van der Waals surface area contributed by atoms with Crippen molar-refractivity contribution in [2.24, 2.45) is 11.8 Å². The molecule has 1 aromatic carbocycles. The van der Waals surface area contributed by atoms with Crippen LogP contribution in [0.4, 0.5) is 4.39 Å². The molecule has 2 atom stereocenters. The standard InChI is InChI=1S/C17H22ClFN2/c1-12-5-2-3-6-13(12)11-21-15-8-4-7-14(19)17(15)20-16(21)9-10-18/h4,7-8,12-13H,2-3,5-6,9-11H2,1H3. The van der Waals surface area contributed by atoms with E-state index < -0.39 is 0 Å². The van der Waals surface area contributed by atoms with Gasteiger partial charge in [-0.05, 0) is 30.4 Å². The smallest absolute Gasteiger partial charge is 0.151 e. The number of para-hydroxylation sites is 1. The Morgan fingerprint density at radius 2 is 2.14 bits per heavy atom. The van der Waals surface area contributed by atoms with Crippen molar-refractivity contribution in [2.45, 2.75) is 45.6 Å². The van der Waals surface area contributed by atoms with Crippen LogP contribution < -0.4 is 0 Å². The Labute approximate surface area is 130 Å². The lowest BCUT2D eigenvalue weighted by Crippen LogP contribution is -2.23. The maximum atomic E-state index is 14.0. The van der Waals surface area contributed by atoms with Crippen molar-refractivity contribution in [1.82, 2.24) is 9.55 Å². The molecule has 0 bridgehead atoms. The van der Waals surface area contributed by atoms with E-state index in [1.54, 1.807) is 6.07 Å². The number of benzene rings is 1. The van der Waals surface area contributed by atoms with Gasteiger partial charge < -0.3 is 4.57 Å². The fraction of sp³-hybridized carbons (Fsp3) is 0.588. The van der Waals surface area contributed by atoms with E-state index in [0.29, 0.717) is 23.7 Å². The molecule has 1 fully saturated rings. The van der Waals surface area contributed by atoms with Crippen molar-refractivity contribution in [3.05, 3.63) is 29.8 Å². The zero-order chi connectivity index (χ0) is 14.8. The van der Waals surface area contributed by atoms with E-state index in [9.17, 15) is 4.39 Å². The van der Waals surface area contributed by atoms with Crippen LogP contribution in [0.15, 0.2) is 18.2 Å². The van der Waals surface area contributed by atoms with Crippen LogP contribution >= 0.6 is 11.6 Å². The SMILES string of the molecule is CC1CCCCC1Cn1c(CCCl)nc2c(F)cccc21. The monoisotopic (exact) mass is 308 g/mol. The summed E-state index contributed by atoms with van der Waals surface area (Å²) in [4.78, 5) is 4.50. The van der Waals surface area contributed by atoms with Crippen LogP contribution in [-0.2, 0) is 13.0 Å². The molecule has 0 aliphatic heterocycles. The van der Waals surface area contributed by atoms with Gasteiger partial charge in [-0.3, -0.25) is 0 Å². The first-order valence-electron chi connectivity index (χ1n) is 7.90. The van der Waals surface area contributed by atoms with Crippen LogP contribution in [-0.4, -0.2) is 15.4 Å². The number of hydrogen-bond donors (Lipinski definition) is 0. The minimum absolute atomic E-state index is 0.237. The molecule has 0 amide bonds. The Morgan fingerprint density at radius 3 is 2.90 bits per heavy atom. The Hall–Kier alpha value is -1.09. The van der Waals surface area contributed by atoms with Crippen LogP contribution in [0, 0.1) is 17.7 Å². The van der Waals surface area contributed by atoms with Crippen LogP contribution in [0.5, 0.6) is 0 Å². The third kappa shape index (κ3) is 2.94. The third-order valence-corrected chi connectivity index (χ3v) is 5.02. The second-order valence-corrected chi connectivity index (χ2v) is 6.58. The number of rotatable bonds is 4. The van der Waals surface area contributed by atoms with E-state index in [1.807, 2.05) is 6.07 Å². The molecule has 1 saturated carbocycles. The van der Waals surface area contributed by atoms with Gasteiger partial charge in [0.2, 0.25) is 0 Å². The van der Waals surface area contributed by atoms with Crippen molar-refractivity contribution in [2.75, 3.05) is 5.88 Å². The van der Waals surface area contributed by atoms with E-state index in [4.69, 9.17) is 11.6 Å². The maximum Gasteiger partial charge on any atom is 0.151 e. The van der Waals surface area contributed by atoms with Gasteiger partial charge in [-0.1, -0.05) is 32.3 Å². The molecule has 3 rings (SSSR count). The molecular weight excluding hydrogens is 287 g/mol. The van der Waals surface area contributed by atoms with Gasteiger partial charge in [0, 0.05) is 18.8 Å². The predicted octanol–water partition coefficient (Wildman–Crippen LogP) is 4.78. The molecule has 1 aliphatic carbocycles. The van der Waals surface area contributed by atoms with E-state index in [-0.39, 0.29) is 5.82 Å². The molecule has 0 radical (unpaired) electrons. The molecule has 1 heterocycles. The number of nitrogens with zero attached hydrogens (tertiary/aromatic N) is 2. The quantitative estimate of drug-likeness (QED) is 0.743. The summed E-state index contributed by atoms with van der Waals surface area (Å²) in [6.07, 6.45) is 5.90. The van der Waals surface area contributed by atoms with Crippen LogP contribution in [0.2, 0.25) is 0 Å². The molecule has 0 saturated heterocycles. The number of aryl methyl sites for hydroxylation is 1. The summed E-state index contributed by atoms with van der Waals surface area (Å²) in [5.41, 5.74) is 1.40. The molecular formula is C17H22ClFN2. The lowest BCUT2D eigenvalue weighted by Gasteiger charge is -2.29. The largest absolute Gasteiger partial charge is 0.328 e. The first kappa shape index (κ1) is 14.8. The molecule has 0 spiro atoms. The van der Waals surface area contributed by atoms with E-state index in [1.165, 1.54) is 31.7 Å². The number of aromatic nitrogens is 2. The third-order valence-electron chi connectivity index (χ3n) is 4.83. The van der Waals surface area contributed by atoms with Gasteiger partial charge in [0.15, 0.2) is 5.82 Å². The lowest BCUT2D eigenvalue weighted by atomic mass is 9.80. The molecule has 1 aromatic heterocycles. The van der Waals surface area contributed by atoms with Crippen molar-refractivity contribution in [1.29, 1.82) is 0 Å². The molecule has 0 N–H and O–H groups in total. The number of fused-ring (bicyclic) bond motifs is 1. The summed E-state index contributed by atoms with van der Waals surface area (Å²) >= 11 is 5.90. The van der Waals surface area contributed by atoms with Crippen LogP contribution in [0.25, 0.3) is 11.0 Å². The first-order valence-corrected chi connectivity index (χ1v) is 8.43. The molecule has 21 heavy (non-hydrogen) atoms. The summed E-state index contributed by atoms with van der Waals surface area (Å²) in [5, 5.41) is 0. The normalized spacial score (nSPS) is 22.8. The summed E-state index contributed by atoms with van der Waals surface area (Å²) in [6, 6.07) is 5.22. The number of hydrogen-bond acceptors (Lipinski definition) is 1. The zero-order valence-corrected chi connectivity index (χ0v) is 13.2. The average molecular weight is 309 g/mol. The number of alkyl halides is 1. The molecule has 1 aliphatic rings. The van der Waals surface area contributed by atoms with Crippen LogP contribution in [0.3, 0.4) is 0 Å². The molecule has 2 nitrogen and oxygen atoms in total. The van der Waals surface area contributed by atoms with Gasteiger partial charge >= 0.3 is 0 Å². The van der Waals surface area contributed by atoms with Crippen molar-refractivity contribution in [3.8, 4) is 0 Å². The molecule has 114 valence electrons. The Kier molecular flexibility index (Phi) is 4.48.